The second-order valence-electron chi connectivity index (χ2n) is 7.09. The molecular formula is C18H27N3. The molecular weight excluding hydrogens is 258 g/mol. The number of hydrogen-bond donors (Lipinski definition) is 1. The molecule has 0 spiro atoms. The van der Waals surface area contributed by atoms with Crippen LogP contribution in [0.5, 0.6) is 0 Å². The van der Waals surface area contributed by atoms with E-state index in [4.69, 9.17) is 0 Å². The van der Waals surface area contributed by atoms with Crippen molar-refractivity contribution in [3.8, 4) is 0 Å². The van der Waals surface area contributed by atoms with E-state index in [0.717, 1.165) is 6.54 Å². The highest BCUT2D eigenvalue weighted by atomic mass is 15.2. The van der Waals surface area contributed by atoms with Gasteiger partial charge in [-0.2, -0.15) is 0 Å². The van der Waals surface area contributed by atoms with Gasteiger partial charge in [-0.05, 0) is 45.5 Å². The maximum absolute atomic E-state index is 4.19. The molecule has 0 amide bonds. The summed E-state index contributed by atoms with van der Waals surface area (Å²) in [7, 11) is 4.29. The van der Waals surface area contributed by atoms with Gasteiger partial charge in [0.05, 0.1) is 0 Å². The van der Waals surface area contributed by atoms with Crippen LogP contribution in [0.3, 0.4) is 0 Å². The van der Waals surface area contributed by atoms with Crippen molar-refractivity contribution >= 4 is 16.5 Å². The fraction of sp³-hybridized carbons (Fsp3) is 0.500. The van der Waals surface area contributed by atoms with E-state index in [2.05, 4.69) is 81.3 Å². The monoisotopic (exact) mass is 285 g/mol. The Morgan fingerprint density at radius 1 is 1.10 bits per heavy atom. The molecule has 1 aromatic heterocycles. The number of anilines is 1. The minimum atomic E-state index is 0.103. The van der Waals surface area contributed by atoms with Crippen molar-refractivity contribution in [3.05, 3.63) is 36.7 Å². The van der Waals surface area contributed by atoms with Crippen LogP contribution >= 0.6 is 0 Å². The molecule has 1 heterocycles. The molecule has 0 aliphatic carbocycles. The van der Waals surface area contributed by atoms with Crippen LogP contribution in [0.4, 0.5) is 5.69 Å². The predicted molar refractivity (Wildman–Crippen MR) is 91.8 cm³/mol. The van der Waals surface area contributed by atoms with Gasteiger partial charge in [-0.3, -0.25) is 4.98 Å². The maximum Gasteiger partial charge on any atom is 0.0421 e. The van der Waals surface area contributed by atoms with E-state index >= 15 is 0 Å². The highest BCUT2D eigenvalue weighted by Gasteiger charge is 2.38. The molecule has 3 nitrogen and oxygen atoms in total. The fourth-order valence-corrected chi connectivity index (χ4v) is 2.41. The first kappa shape index (κ1) is 15.8. The molecule has 0 aliphatic heterocycles. The third-order valence-corrected chi connectivity index (χ3v) is 5.18. The van der Waals surface area contributed by atoms with Crippen LogP contribution in [-0.4, -0.2) is 36.1 Å². The van der Waals surface area contributed by atoms with Gasteiger partial charge in [0, 0.05) is 40.9 Å². The zero-order chi connectivity index (χ0) is 15.7. The van der Waals surface area contributed by atoms with Crippen molar-refractivity contribution in [2.75, 3.05) is 26.0 Å². The molecule has 3 heteroatoms. The maximum atomic E-state index is 4.19. The summed E-state index contributed by atoms with van der Waals surface area (Å²) in [6, 6.07) is 8.39. The SMILES string of the molecule is CN(C)C(C)(C)C(C)(C)CNc1cccc2cnccc12. The number of benzene rings is 1. The van der Waals surface area contributed by atoms with Gasteiger partial charge in [0.2, 0.25) is 0 Å². The van der Waals surface area contributed by atoms with E-state index in [-0.39, 0.29) is 11.0 Å². The normalized spacial score (nSPS) is 12.9. The lowest BCUT2D eigenvalue weighted by atomic mass is 9.73. The molecule has 114 valence electrons. The van der Waals surface area contributed by atoms with Crippen molar-refractivity contribution in [2.24, 2.45) is 5.41 Å². The van der Waals surface area contributed by atoms with E-state index in [1.165, 1.54) is 16.5 Å². The summed E-state index contributed by atoms with van der Waals surface area (Å²) >= 11 is 0. The van der Waals surface area contributed by atoms with Crippen molar-refractivity contribution in [3.63, 3.8) is 0 Å². The number of pyridine rings is 1. The lowest BCUT2D eigenvalue weighted by Gasteiger charge is -2.46. The second kappa shape index (κ2) is 5.64. The van der Waals surface area contributed by atoms with E-state index in [9.17, 15) is 0 Å². The summed E-state index contributed by atoms with van der Waals surface area (Å²) < 4.78 is 0. The van der Waals surface area contributed by atoms with Gasteiger partial charge < -0.3 is 10.2 Å². The second-order valence-corrected chi connectivity index (χ2v) is 7.09. The van der Waals surface area contributed by atoms with Crippen molar-refractivity contribution in [1.82, 2.24) is 9.88 Å². The first-order valence-electron chi connectivity index (χ1n) is 7.50. The molecule has 0 bridgehead atoms. The number of nitrogens with zero attached hydrogens (tertiary/aromatic N) is 2. The number of nitrogens with one attached hydrogen (secondary N) is 1. The number of hydrogen-bond acceptors (Lipinski definition) is 3. The van der Waals surface area contributed by atoms with Gasteiger partial charge in [-0.25, -0.2) is 0 Å². The quantitative estimate of drug-likeness (QED) is 0.899. The lowest BCUT2D eigenvalue weighted by molar-refractivity contribution is 0.0605. The molecule has 0 fully saturated rings. The highest BCUT2D eigenvalue weighted by molar-refractivity contribution is 5.93. The summed E-state index contributed by atoms with van der Waals surface area (Å²) in [6.07, 6.45) is 3.76. The summed E-state index contributed by atoms with van der Waals surface area (Å²) in [5.41, 5.74) is 1.41. The van der Waals surface area contributed by atoms with Crippen molar-refractivity contribution in [1.29, 1.82) is 0 Å². The molecule has 0 saturated heterocycles. The van der Waals surface area contributed by atoms with Gasteiger partial charge in [-0.15, -0.1) is 0 Å². The van der Waals surface area contributed by atoms with Crippen molar-refractivity contribution in [2.45, 2.75) is 33.2 Å². The largest absolute Gasteiger partial charge is 0.384 e. The lowest BCUT2D eigenvalue weighted by Crippen LogP contribution is -2.53. The minimum Gasteiger partial charge on any atom is -0.384 e. The molecule has 2 rings (SSSR count). The summed E-state index contributed by atoms with van der Waals surface area (Å²) in [4.78, 5) is 6.48. The average Bonchev–Trinajstić information content (AvgIpc) is 2.44. The molecule has 1 aromatic carbocycles. The Labute approximate surface area is 128 Å². The Morgan fingerprint density at radius 3 is 2.48 bits per heavy atom. The third kappa shape index (κ3) is 3.03. The zero-order valence-corrected chi connectivity index (χ0v) is 14.1. The minimum absolute atomic E-state index is 0.103. The van der Waals surface area contributed by atoms with Gasteiger partial charge in [-0.1, -0.05) is 26.0 Å². The summed E-state index contributed by atoms with van der Waals surface area (Å²) in [6.45, 7) is 10.1. The third-order valence-electron chi connectivity index (χ3n) is 5.18. The van der Waals surface area contributed by atoms with Gasteiger partial charge in [0.25, 0.3) is 0 Å². The standard InChI is InChI=1S/C18H27N3/c1-17(2,18(3,4)21(5)6)13-20-16-9-7-8-14-12-19-11-10-15(14)16/h7-12,20H,13H2,1-6H3. The Hall–Kier alpha value is -1.61. The number of rotatable bonds is 5. The molecule has 1 N–H and O–H groups in total. The zero-order valence-electron chi connectivity index (χ0n) is 14.1. The Kier molecular flexibility index (Phi) is 4.24. The Balaban J connectivity index is 2.22. The topological polar surface area (TPSA) is 28.2 Å². The predicted octanol–water partition coefficient (Wildman–Crippen LogP) is 4.01. The summed E-state index contributed by atoms with van der Waals surface area (Å²) in [5, 5.41) is 6.04. The Bertz CT molecular complexity index is 609. The average molecular weight is 285 g/mol. The summed E-state index contributed by atoms with van der Waals surface area (Å²) in [5.74, 6) is 0. The van der Waals surface area contributed by atoms with Crippen LogP contribution in [0.15, 0.2) is 36.7 Å². The molecule has 0 unspecified atom stereocenters. The molecule has 21 heavy (non-hydrogen) atoms. The molecule has 0 aliphatic rings. The Morgan fingerprint density at radius 2 is 1.81 bits per heavy atom. The molecule has 0 atom stereocenters. The first-order valence-corrected chi connectivity index (χ1v) is 7.50. The fourth-order valence-electron chi connectivity index (χ4n) is 2.41. The van der Waals surface area contributed by atoms with Crippen LogP contribution in [0.25, 0.3) is 10.8 Å². The van der Waals surface area contributed by atoms with Gasteiger partial charge >= 0.3 is 0 Å². The smallest absolute Gasteiger partial charge is 0.0421 e. The van der Waals surface area contributed by atoms with Gasteiger partial charge in [0.1, 0.15) is 0 Å². The van der Waals surface area contributed by atoms with E-state index < -0.39 is 0 Å². The van der Waals surface area contributed by atoms with Crippen LogP contribution in [-0.2, 0) is 0 Å². The highest BCUT2D eigenvalue weighted by Crippen LogP contribution is 2.35. The van der Waals surface area contributed by atoms with E-state index in [1.54, 1.807) is 0 Å². The van der Waals surface area contributed by atoms with E-state index in [0.29, 0.717) is 0 Å². The van der Waals surface area contributed by atoms with Gasteiger partial charge in [0.15, 0.2) is 0 Å². The molecule has 0 saturated carbocycles. The first-order chi connectivity index (χ1) is 9.75. The molecule has 0 radical (unpaired) electrons. The van der Waals surface area contributed by atoms with Crippen molar-refractivity contribution < 1.29 is 0 Å². The van der Waals surface area contributed by atoms with E-state index in [1.807, 2.05) is 12.4 Å². The van der Waals surface area contributed by atoms with Crippen LogP contribution in [0.1, 0.15) is 27.7 Å². The molecule has 2 aromatic rings. The number of aromatic nitrogens is 1. The number of fused-ring (bicyclic) bond motifs is 1. The van der Waals surface area contributed by atoms with Crippen LogP contribution in [0.2, 0.25) is 0 Å². The van der Waals surface area contributed by atoms with Crippen LogP contribution in [0, 0.1) is 5.41 Å². The van der Waals surface area contributed by atoms with Crippen LogP contribution < -0.4 is 5.32 Å².